The first kappa shape index (κ1) is 21.8. The molecule has 0 amide bonds. The molecule has 2 rings (SSSR count). The summed E-state index contributed by atoms with van der Waals surface area (Å²) in [5.74, 6) is 0. The van der Waals surface area contributed by atoms with Crippen LogP contribution in [0.5, 0.6) is 0 Å². The molecule has 0 aromatic heterocycles. The molecular weight excluding hydrogens is 317 g/mol. The molecule has 0 bridgehead atoms. The molecule has 0 nitrogen and oxygen atoms in total. The molecule has 1 radical (unpaired) electrons. The van der Waals surface area contributed by atoms with Gasteiger partial charge in [0.05, 0.1) is 0 Å². The van der Waals surface area contributed by atoms with Crippen molar-refractivity contribution in [2.24, 2.45) is 0 Å². The SMILES string of the molecule is CCC.CCC.[Y].[c-]1ccccc1Cc1[c-]cccc1. The largest absolute Gasteiger partial charge is 0.180 e. The van der Waals surface area contributed by atoms with Crippen molar-refractivity contribution in [3.8, 4) is 0 Å². The summed E-state index contributed by atoms with van der Waals surface area (Å²) < 4.78 is 0. The van der Waals surface area contributed by atoms with Crippen molar-refractivity contribution in [2.75, 3.05) is 0 Å². The van der Waals surface area contributed by atoms with Gasteiger partial charge < -0.3 is 0 Å². The third kappa shape index (κ3) is 12.6. The van der Waals surface area contributed by atoms with E-state index in [0.29, 0.717) is 0 Å². The summed E-state index contributed by atoms with van der Waals surface area (Å²) in [6.07, 6.45) is 3.42. The maximum atomic E-state index is 3.20. The molecule has 107 valence electrons. The Labute approximate surface area is 150 Å². The molecule has 0 spiro atoms. The number of hydrogen-bond acceptors (Lipinski definition) is 0. The van der Waals surface area contributed by atoms with Gasteiger partial charge in [-0.15, -0.1) is 0 Å². The zero-order valence-electron chi connectivity index (χ0n) is 13.3. The van der Waals surface area contributed by atoms with E-state index in [1.807, 2.05) is 36.4 Å². The quantitative estimate of drug-likeness (QED) is 0.613. The second-order valence-corrected chi connectivity index (χ2v) is 4.37. The second-order valence-electron chi connectivity index (χ2n) is 4.37. The monoisotopic (exact) mass is 343 g/mol. The molecule has 1 heteroatoms. The van der Waals surface area contributed by atoms with E-state index in [1.54, 1.807) is 0 Å². The van der Waals surface area contributed by atoms with Crippen LogP contribution in [-0.4, -0.2) is 0 Å². The van der Waals surface area contributed by atoms with Crippen molar-refractivity contribution in [2.45, 2.75) is 47.0 Å². The van der Waals surface area contributed by atoms with E-state index in [0.717, 1.165) is 6.42 Å². The van der Waals surface area contributed by atoms with Crippen LogP contribution in [0, 0.1) is 12.1 Å². The molecular formula is C19H26Y-2. The summed E-state index contributed by atoms with van der Waals surface area (Å²) in [5, 5.41) is 0. The van der Waals surface area contributed by atoms with E-state index in [1.165, 1.54) is 24.0 Å². The van der Waals surface area contributed by atoms with Crippen LogP contribution in [0.15, 0.2) is 48.5 Å². The van der Waals surface area contributed by atoms with Crippen molar-refractivity contribution in [3.05, 3.63) is 71.8 Å². The third-order valence-electron chi connectivity index (χ3n) is 1.93. The summed E-state index contributed by atoms with van der Waals surface area (Å²) >= 11 is 0. The van der Waals surface area contributed by atoms with E-state index in [-0.39, 0.29) is 32.7 Å². The number of hydrogen-bond donors (Lipinski definition) is 0. The van der Waals surface area contributed by atoms with E-state index in [9.17, 15) is 0 Å². The van der Waals surface area contributed by atoms with Gasteiger partial charge in [0.15, 0.2) is 0 Å². The predicted molar refractivity (Wildman–Crippen MR) is 85.3 cm³/mol. The number of rotatable bonds is 2. The fraction of sp³-hybridized carbons (Fsp3) is 0.368. The summed E-state index contributed by atoms with van der Waals surface area (Å²) in [6, 6.07) is 22.5. The smallest absolute Gasteiger partial charge is 0 e. The summed E-state index contributed by atoms with van der Waals surface area (Å²) in [4.78, 5) is 0. The predicted octanol–water partition coefficient (Wildman–Crippen LogP) is 5.71. The van der Waals surface area contributed by atoms with Crippen LogP contribution in [-0.2, 0) is 39.1 Å². The Morgan fingerprint density at radius 3 is 1.30 bits per heavy atom. The van der Waals surface area contributed by atoms with Crippen LogP contribution in [0.1, 0.15) is 51.7 Å². The first-order chi connectivity index (χ1) is 9.28. The minimum Gasteiger partial charge on any atom is -0.180 e. The van der Waals surface area contributed by atoms with Gasteiger partial charge in [-0.3, -0.25) is 0 Å². The van der Waals surface area contributed by atoms with Crippen LogP contribution < -0.4 is 0 Å². The molecule has 2 aromatic rings. The fourth-order valence-corrected chi connectivity index (χ4v) is 1.29. The van der Waals surface area contributed by atoms with Gasteiger partial charge in [0.1, 0.15) is 0 Å². The molecule has 0 fully saturated rings. The maximum Gasteiger partial charge on any atom is 0 e. The molecule has 0 N–H and O–H groups in total. The van der Waals surface area contributed by atoms with E-state index in [2.05, 4.69) is 52.0 Å². The average molecular weight is 343 g/mol. The first-order valence-corrected chi connectivity index (χ1v) is 7.19. The Bertz CT molecular complexity index is 342. The van der Waals surface area contributed by atoms with Gasteiger partial charge in [0.2, 0.25) is 0 Å². The fourth-order valence-electron chi connectivity index (χ4n) is 1.29. The van der Waals surface area contributed by atoms with Crippen LogP contribution >= 0.6 is 0 Å². The second kappa shape index (κ2) is 16.6. The van der Waals surface area contributed by atoms with Gasteiger partial charge in [0.25, 0.3) is 0 Å². The van der Waals surface area contributed by atoms with Crippen LogP contribution in [0.2, 0.25) is 0 Å². The minimum atomic E-state index is 0. The van der Waals surface area contributed by atoms with E-state index in [4.69, 9.17) is 0 Å². The molecule has 0 aliphatic heterocycles. The van der Waals surface area contributed by atoms with E-state index >= 15 is 0 Å². The molecule has 2 aromatic carbocycles. The van der Waals surface area contributed by atoms with Crippen molar-refractivity contribution < 1.29 is 32.7 Å². The van der Waals surface area contributed by atoms with Crippen molar-refractivity contribution in [1.82, 2.24) is 0 Å². The maximum absolute atomic E-state index is 3.20. The van der Waals surface area contributed by atoms with E-state index < -0.39 is 0 Å². The Morgan fingerprint density at radius 2 is 1.05 bits per heavy atom. The van der Waals surface area contributed by atoms with Gasteiger partial charge in [-0.2, -0.15) is 71.8 Å². The third-order valence-corrected chi connectivity index (χ3v) is 1.93. The Hall–Kier alpha value is -0.456. The first-order valence-electron chi connectivity index (χ1n) is 7.19. The van der Waals surface area contributed by atoms with Gasteiger partial charge in [-0.05, 0) is 6.42 Å². The summed E-state index contributed by atoms with van der Waals surface area (Å²) in [6.45, 7) is 8.50. The standard InChI is InChI=1S/C13H10.2C3H8.Y/c1-3-7-12(8-4-1)11-13-9-5-2-6-10-13;2*1-3-2;/h1-7,9H,11H2;2*3H2,1-2H3;/q-2;;;. The molecule has 0 atom stereocenters. The summed E-state index contributed by atoms with van der Waals surface area (Å²) in [7, 11) is 0. The Balaban J connectivity index is 0. The normalized spacial score (nSPS) is 8.20. The minimum absolute atomic E-state index is 0. The van der Waals surface area contributed by atoms with Gasteiger partial charge in [-0.25, -0.2) is 0 Å². The van der Waals surface area contributed by atoms with Crippen molar-refractivity contribution in [3.63, 3.8) is 0 Å². The van der Waals surface area contributed by atoms with Gasteiger partial charge in [-0.1, -0.05) is 40.5 Å². The molecule has 0 saturated heterocycles. The van der Waals surface area contributed by atoms with Crippen LogP contribution in [0.3, 0.4) is 0 Å². The molecule has 0 aliphatic carbocycles. The van der Waals surface area contributed by atoms with Gasteiger partial charge in [0, 0.05) is 32.7 Å². The van der Waals surface area contributed by atoms with Gasteiger partial charge >= 0.3 is 0 Å². The molecule has 0 unspecified atom stereocenters. The molecule has 0 heterocycles. The zero-order valence-corrected chi connectivity index (χ0v) is 16.2. The Morgan fingerprint density at radius 1 is 0.700 bits per heavy atom. The van der Waals surface area contributed by atoms with Crippen molar-refractivity contribution in [1.29, 1.82) is 0 Å². The molecule has 20 heavy (non-hydrogen) atoms. The molecule has 0 saturated carbocycles. The number of benzene rings is 2. The van der Waals surface area contributed by atoms with Crippen molar-refractivity contribution >= 4 is 0 Å². The average Bonchev–Trinajstić information content (AvgIpc) is 2.43. The summed E-state index contributed by atoms with van der Waals surface area (Å²) in [5.41, 5.74) is 2.43. The van der Waals surface area contributed by atoms with Crippen LogP contribution in [0.4, 0.5) is 0 Å². The molecule has 0 aliphatic rings. The Kier molecular flexibility index (Phi) is 18.1. The van der Waals surface area contributed by atoms with Crippen LogP contribution in [0.25, 0.3) is 0 Å². The zero-order chi connectivity index (χ0) is 14.3. The topological polar surface area (TPSA) is 0 Å².